The Morgan fingerprint density at radius 2 is 1.63 bits per heavy atom. The number of rotatable bonds is 5. The first-order valence-electron chi connectivity index (χ1n) is 10.9. The van der Waals surface area contributed by atoms with Crippen molar-refractivity contribution in [2.24, 2.45) is 0 Å². The van der Waals surface area contributed by atoms with Crippen molar-refractivity contribution in [3.63, 3.8) is 0 Å². The Hall–Kier alpha value is -3.62. The second-order valence-electron chi connectivity index (χ2n) is 8.14. The second kappa shape index (κ2) is 10.3. The SMILES string of the molecule is Cc1ccccc1C(=O)N1CCN(c2ccc(NC(=O)c3cc([N+](=O)[O-])ccc3Cl)cc2Cl)CC1. The van der Waals surface area contributed by atoms with E-state index in [1.54, 1.807) is 18.2 Å². The molecule has 0 saturated carbocycles. The van der Waals surface area contributed by atoms with Crippen LogP contribution in [0.4, 0.5) is 17.1 Å². The van der Waals surface area contributed by atoms with Gasteiger partial charge in [0.2, 0.25) is 0 Å². The normalized spacial score (nSPS) is 13.5. The molecule has 1 aliphatic rings. The zero-order chi connectivity index (χ0) is 25.1. The molecule has 35 heavy (non-hydrogen) atoms. The van der Waals surface area contributed by atoms with Crippen molar-refractivity contribution in [1.29, 1.82) is 0 Å². The summed E-state index contributed by atoms with van der Waals surface area (Å²) in [5.41, 5.74) is 2.65. The number of non-ortho nitro benzene ring substituents is 1. The van der Waals surface area contributed by atoms with Crippen LogP contribution in [-0.2, 0) is 0 Å². The minimum absolute atomic E-state index is 0.00416. The highest BCUT2D eigenvalue weighted by Crippen LogP contribution is 2.31. The summed E-state index contributed by atoms with van der Waals surface area (Å²) in [4.78, 5) is 39.9. The van der Waals surface area contributed by atoms with Crippen molar-refractivity contribution >= 4 is 52.1 Å². The van der Waals surface area contributed by atoms with Gasteiger partial charge in [-0.3, -0.25) is 19.7 Å². The minimum atomic E-state index is -0.590. The van der Waals surface area contributed by atoms with Crippen LogP contribution >= 0.6 is 23.2 Å². The lowest BCUT2D eigenvalue weighted by molar-refractivity contribution is -0.384. The summed E-state index contributed by atoms with van der Waals surface area (Å²) < 4.78 is 0. The first-order valence-corrected chi connectivity index (χ1v) is 11.6. The van der Waals surface area contributed by atoms with Crippen molar-refractivity contribution in [2.45, 2.75) is 6.92 Å². The van der Waals surface area contributed by atoms with Gasteiger partial charge in [-0.2, -0.15) is 0 Å². The van der Waals surface area contributed by atoms with E-state index in [2.05, 4.69) is 10.2 Å². The Bertz CT molecular complexity index is 1310. The van der Waals surface area contributed by atoms with Gasteiger partial charge in [0.05, 0.1) is 26.2 Å². The van der Waals surface area contributed by atoms with Crippen molar-refractivity contribution in [1.82, 2.24) is 4.90 Å². The molecule has 1 aliphatic heterocycles. The van der Waals surface area contributed by atoms with Crippen molar-refractivity contribution in [3.8, 4) is 0 Å². The number of benzene rings is 3. The number of piperazine rings is 1. The highest BCUT2D eigenvalue weighted by molar-refractivity contribution is 6.35. The summed E-state index contributed by atoms with van der Waals surface area (Å²) in [5.74, 6) is -0.558. The molecule has 1 fully saturated rings. The molecule has 0 spiro atoms. The number of amides is 2. The zero-order valence-electron chi connectivity index (χ0n) is 18.8. The summed E-state index contributed by atoms with van der Waals surface area (Å²) in [6, 6.07) is 16.3. The van der Waals surface area contributed by atoms with E-state index in [-0.39, 0.29) is 22.2 Å². The van der Waals surface area contributed by atoms with Crippen molar-refractivity contribution in [2.75, 3.05) is 36.4 Å². The van der Waals surface area contributed by atoms with E-state index < -0.39 is 10.8 Å². The van der Waals surface area contributed by atoms with Gasteiger partial charge in [-0.1, -0.05) is 41.4 Å². The van der Waals surface area contributed by atoms with Crippen molar-refractivity contribution in [3.05, 3.63) is 97.5 Å². The Morgan fingerprint density at radius 3 is 2.29 bits per heavy atom. The Labute approximate surface area is 212 Å². The third-order valence-electron chi connectivity index (χ3n) is 5.89. The smallest absolute Gasteiger partial charge is 0.270 e. The third kappa shape index (κ3) is 5.39. The molecule has 1 saturated heterocycles. The molecule has 0 aliphatic carbocycles. The van der Waals surface area contributed by atoms with Crippen LogP contribution in [0.2, 0.25) is 10.0 Å². The fraction of sp³-hybridized carbons (Fsp3) is 0.200. The monoisotopic (exact) mass is 512 g/mol. The number of nitro benzene ring substituents is 1. The average Bonchev–Trinajstić information content (AvgIpc) is 2.84. The Kier molecular flexibility index (Phi) is 7.23. The van der Waals surface area contributed by atoms with E-state index in [0.717, 1.165) is 17.3 Å². The number of anilines is 2. The fourth-order valence-corrected chi connectivity index (χ4v) is 4.48. The molecule has 0 aromatic heterocycles. The van der Waals surface area contributed by atoms with Crippen LogP contribution in [0.1, 0.15) is 26.3 Å². The molecule has 1 heterocycles. The first-order chi connectivity index (χ1) is 16.7. The van der Waals surface area contributed by atoms with Crippen LogP contribution < -0.4 is 10.2 Å². The van der Waals surface area contributed by atoms with E-state index in [4.69, 9.17) is 23.2 Å². The zero-order valence-corrected chi connectivity index (χ0v) is 20.3. The molecule has 10 heteroatoms. The van der Waals surface area contributed by atoms with E-state index in [0.29, 0.717) is 42.5 Å². The van der Waals surface area contributed by atoms with Gasteiger partial charge in [0.25, 0.3) is 17.5 Å². The number of nitrogens with zero attached hydrogens (tertiary/aromatic N) is 3. The summed E-state index contributed by atoms with van der Waals surface area (Å²) in [7, 11) is 0. The molecular formula is C25H22Cl2N4O4. The maximum atomic E-state index is 12.9. The van der Waals surface area contributed by atoms with E-state index in [9.17, 15) is 19.7 Å². The lowest BCUT2D eigenvalue weighted by Gasteiger charge is -2.36. The third-order valence-corrected chi connectivity index (χ3v) is 6.53. The summed E-state index contributed by atoms with van der Waals surface area (Å²) in [6.07, 6.45) is 0. The number of hydrogen-bond acceptors (Lipinski definition) is 5. The molecule has 2 amide bonds. The second-order valence-corrected chi connectivity index (χ2v) is 8.95. The molecule has 0 unspecified atom stereocenters. The van der Waals surface area contributed by atoms with Gasteiger partial charge in [-0.25, -0.2) is 0 Å². The number of nitrogens with one attached hydrogen (secondary N) is 1. The molecule has 8 nitrogen and oxygen atoms in total. The number of carbonyl (C=O) groups excluding carboxylic acids is 2. The molecule has 3 aromatic rings. The summed E-state index contributed by atoms with van der Waals surface area (Å²) in [5, 5.41) is 14.2. The lowest BCUT2D eigenvalue weighted by Crippen LogP contribution is -2.49. The molecule has 0 radical (unpaired) electrons. The van der Waals surface area contributed by atoms with Gasteiger partial charge >= 0.3 is 0 Å². The highest BCUT2D eigenvalue weighted by atomic mass is 35.5. The Balaban J connectivity index is 1.42. The molecular weight excluding hydrogens is 491 g/mol. The van der Waals surface area contributed by atoms with Gasteiger partial charge in [-0.15, -0.1) is 0 Å². The van der Waals surface area contributed by atoms with Crippen LogP contribution in [0.15, 0.2) is 60.7 Å². The van der Waals surface area contributed by atoms with Crippen molar-refractivity contribution < 1.29 is 14.5 Å². The number of aryl methyl sites for hydroxylation is 1. The predicted molar refractivity (Wildman–Crippen MR) is 137 cm³/mol. The maximum absolute atomic E-state index is 12.9. The molecule has 180 valence electrons. The van der Waals surface area contributed by atoms with E-state index >= 15 is 0 Å². The van der Waals surface area contributed by atoms with Crippen LogP contribution in [0, 0.1) is 17.0 Å². The maximum Gasteiger partial charge on any atom is 0.270 e. The molecule has 3 aromatic carbocycles. The van der Waals surface area contributed by atoms with Gasteiger partial charge < -0.3 is 15.1 Å². The summed E-state index contributed by atoms with van der Waals surface area (Å²) in [6.45, 7) is 4.29. The van der Waals surface area contributed by atoms with E-state index in [1.165, 1.54) is 12.1 Å². The number of nitro groups is 1. The topological polar surface area (TPSA) is 95.8 Å². The predicted octanol–water partition coefficient (Wildman–Crippen LogP) is 5.42. The Morgan fingerprint density at radius 1 is 0.914 bits per heavy atom. The molecule has 1 N–H and O–H groups in total. The average molecular weight is 513 g/mol. The van der Waals surface area contributed by atoms with Crippen LogP contribution in [0.3, 0.4) is 0 Å². The fourth-order valence-electron chi connectivity index (χ4n) is 3.97. The standard InChI is InChI=1S/C25H22Cl2N4O4/c1-16-4-2-3-5-19(16)25(33)30-12-10-29(11-13-30)23-9-6-17(14-22(23)27)28-24(32)20-15-18(31(34)35)7-8-21(20)26/h2-9,14-15H,10-13H2,1H3,(H,28,32). The lowest BCUT2D eigenvalue weighted by atomic mass is 10.1. The van der Waals surface area contributed by atoms with Crippen LogP contribution in [0.5, 0.6) is 0 Å². The summed E-state index contributed by atoms with van der Waals surface area (Å²) >= 11 is 12.6. The number of hydrogen-bond donors (Lipinski definition) is 1. The largest absolute Gasteiger partial charge is 0.367 e. The van der Waals surface area contributed by atoms with Gasteiger partial charge in [0, 0.05) is 49.6 Å². The van der Waals surface area contributed by atoms with Crippen LogP contribution in [0.25, 0.3) is 0 Å². The van der Waals surface area contributed by atoms with Crippen LogP contribution in [-0.4, -0.2) is 47.8 Å². The molecule has 0 atom stereocenters. The highest BCUT2D eigenvalue weighted by Gasteiger charge is 2.24. The minimum Gasteiger partial charge on any atom is -0.367 e. The van der Waals surface area contributed by atoms with Gasteiger partial charge in [0.1, 0.15) is 0 Å². The van der Waals surface area contributed by atoms with Gasteiger partial charge in [-0.05, 0) is 42.8 Å². The molecule has 0 bridgehead atoms. The quantitative estimate of drug-likeness (QED) is 0.363. The molecule has 4 rings (SSSR count). The first kappa shape index (κ1) is 24.5. The van der Waals surface area contributed by atoms with E-state index in [1.807, 2.05) is 36.1 Å². The van der Waals surface area contributed by atoms with Gasteiger partial charge in [0.15, 0.2) is 0 Å². The number of carbonyl (C=O) groups is 2. The number of halogens is 2.